The monoisotopic (exact) mass is 648 g/mol. The first-order chi connectivity index (χ1) is 22.8. The maximum absolute atomic E-state index is 14.3. The van der Waals surface area contributed by atoms with Crippen molar-refractivity contribution in [2.45, 2.75) is 33.7 Å². The van der Waals surface area contributed by atoms with Crippen molar-refractivity contribution in [1.82, 2.24) is 14.3 Å². The Morgan fingerprint density at radius 3 is 2.30 bits per heavy atom. The molecule has 0 spiro atoms. The van der Waals surface area contributed by atoms with E-state index in [1.807, 2.05) is 73.8 Å². The van der Waals surface area contributed by atoms with Crippen molar-refractivity contribution in [2.75, 3.05) is 13.2 Å². The first kappa shape index (κ1) is 31.4. The summed E-state index contributed by atoms with van der Waals surface area (Å²) in [7, 11) is 0. The molecule has 0 saturated carbocycles. The van der Waals surface area contributed by atoms with Crippen molar-refractivity contribution in [3.8, 4) is 28.4 Å². The number of aromatic nitrogens is 3. The zero-order chi connectivity index (χ0) is 33.1. The van der Waals surface area contributed by atoms with Crippen molar-refractivity contribution in [1.29, 1.82) is 0 Å². The van der Waals surface area contributed by atoms with Gasteiger partial charge in [-0.15, -0.1) is 0 Å². The van der Waals surface area contributed by atoms with Gasteiger partial charge in [0.05, 0.1) is 40.7 Å². The number of thiazole rings is 1. The minimum Gasteiger partial charge on any atom is -0.494 e. The lowest BCUT2D eigenvalue weighted by atomic mass is 9.96. The zero-order valence-corrected chi connectivity index (χ0v) is 27.1. The van der Waals surface area contributed by atoms with Crippen LogP contribution in [0.4, 0.5) is 0 Å². The number of para-hydroxylation sites is 1. The molecule has 0 amide bonds. The summed E-state index contributed by atoms with van der Waals surface area (Å²) < 4.78 is 20.0. The van der Waals surface area contributed by atoms with E-state index < -0.39 is 18.0 Å². The molecule has 0 fully saturated rings. The molecule has 3 heterocycles. The van der Waals surface area contributed by atoms with Gasteiger partial charge in [0, 0.05) is 24.2 Å². The number of carbonyl (C=O) groups is 2. The molecular formula is C36H32N4O6S. The number of hydrogen-bond acceptors (Lipinski definition) is 9. The molecule has 6 rings (SSSR count). The van der Waals surface area contributed by atoms with Crippen LogP contribution in [-0.4, -0.2) is 39.5 Å². The Bertz CT molecular complexity index is 2160. The van der Waals surface area contributed by atoms with Crippen molar-refractivity contribution >= 4 is 29.4 Å². The van der Waals surface area contributed by atoms with Gasteiger partial charge in [-0.3, -0.25) is 14.2 Å². The van der Waals surface area contributed by atoms with E-state index in [0.717, 1.165) is 22.6 Å². The van der Waals surface area contributed by atoms with Crippen LogP contribution in [0.3, 0.4) is 0 Å². The molecule has 1 atom stereocenters. The molecule has 0 N–H and O–H groups in total. The maximum atomic E-state index is 14.3. The van der Waals surface area contributed by atoms with Crippen molar-refractivity contribution in [3.63, 3.8) is 0 Å². The van der Waals surface area contributed by atoms with Gasteiger partial charge in [0.2, 0.25) is 0 Å². The summed E-state index contributed by atoms with van der Waals surface area (Å²) in [4.78, 5) is 44.2. The Kier molecular flexibility index (Phi) is 8.99. The molecule has 2 aromatic heterocycles. The highest BCUT2D eigenvalue weighted by Crippen LogP contribution is 2.32. The van der Waals surface area contributed by atoms with E-state index in [1.54, 1.807) is 42.8 Å². The number of esters is 2. The van der Waals surface area contributed by atoms with E-state index in [2.05, 4.69) is 4.99 Å². The number of carbonyl (C=O) groups excluding carboxylic acids is 2. The fourth-order valence-electron chi connectivity index (χ4n) is 5.44. The van der Waals surface area contributed by atoms with Gasteiger partial charge in [0.1, 0.15) is 17.2 Å². The van der Waals surface area contributed by atoms with Gasteiger partial charge in [0.25, 0.3) is 5.56 Å². The van der Waals surface area contributed by atoms with E-state index in [4.69, 9.17) is 19.3 Å². The highest BCUT2D eigenvalue weighted by Gasteiger charge is 2.33. The van der Waals surface area contributed by atoms with Crippen molar-refractivity contribution < 1.29 is 23.8 Å². The van der Waals surface area contributed by atoms with E-state index in [0.29, 0.717) is 38.6 Å². The van der Waals surface area contributed by atoms with Crippen LogP contribution in [0.1, 0.15) is 44.9 Å². The van der Waals surface area contributed by atoms with Crippen LogP contribution in [0.25, 0.3) is 23.0 Å². The van der Waals surface area contributed by atoms with Crippen LogP contribution in [0, 0.1) is 0 Å². The van der Waals surface area contributed by atoms with E-state index in [9.17, 15) is 14.4 Å². The van der Waals surface area contributed by atoms with Crippen molar-refractivity contribution in [2.24, 2.45) is 4.99 Å². The van der Waals surface area contributed by atoms with Gasteiger partial charge in [0.15, 0.2) is 4.80 Å². The third-order valence-corrected chi connectivity index (χ3v) is 8.45. The molecular weight excluding hydrogens is 616 g/mol. The lowest BCUT2D eigenvalue weighted by molar-refractivity contribution is -0.139. The highest BCUT2D eigenvalue weighted by molar-refractivity contribution is 7.07. The van der Waals surface area contributed by atoms with E-state index in [1.165, 1.54) is 22.8 Å². The summed E-state index contributed by atoms with van der Waals surface area (Å²) in [6.45, 7) is 7.44. The third kappa shape index (κ3) is 6.43. The van der Waals surface area contributed by atoms with E-state index >= 15 is 0 Å². The van der Waals surface area contributed by atoms with Crippen molar-refractivity contribution in [3.05, 3.63) is 127 Å². The first-order valence-corrected chi connectivity index (χ1v) is 16.0. The summed E-state index contributed by atoms with van der Waals surface area (Å²) >= 11 is 1.23. The minimum atomic E-state index is -0.809. The maximum Gasteiger partial charge on any atom is 0.338 e. The Labute approximate surface area is 274 Å². The molecule has 0 radical (unpaired) electrons. The molecule has 0 saturated heterocycles. The quantitative estimate of drug-likeness (QED) is 0.164. The molecule has 11 heteroatoms. The number of nitrogens with zero attached hydrogens (tertiary/aromatic N) is 4. The number of rotatable bonds is 9. The Balaban J connectivity index is 1.52. The van der Waals surface area contributed by atoms with Gasteiger partial charge in [-0.2, -0.15) is 5.10 Å². The predicted molar refractivity (Wildman–Crippen MR) is 178 cm³/mol. The normalized spacial score (nSPS) is 14.4. The fraction of sp³-hybridized carbons (Fsp3) is 0.194. The minimum absolute atomic E-state index is 0.165. The van der Waals surface area contributed by atoms with Crippen LogP contribution in [0.5, 0.6) is 11.5 Å². The summed E-state index contributed by atoms with van der Waals surface area (Å²) in [5.41, 5.74) is 4.17. The molecule has 1 aliphatic heterocycles. The van der Waals surface area contributed by atoms with Gasteiger partial charge < -0.3 is 14.2 Å². The van der Waals surface area contributed by atoms with E-state index in [-0.39, 0.29) is 17.7 Å². The van der Waals surface area contributed by atoms with Crippen LogP contribution >= 0.6 is 11.3 Å². The second-order valence-electron chi connectivity index (χ2n) is 10.6. The number of benzene rings is 3. The summed E-state index contributed by atoms with van der Waals surface area (Å²) in [6, 6.07) is 23.3. The Hall–Kier alpha value is -5.55. The van der Waals surface area contributed by atoms with Crippen LogP contribution in [0.15, 0.2) is 106 Å². The second-order valence-corrected chi connectivity index (χ2v) is 11.6. The van der Waals surface area contributed by atoms with Gasteiger partial charge in [-0.05, 0) is 80.9 Å². The van der Waals surface area contributed by atoms with Crippen LogP contribution in [0.2, 0.25) is 0 Å². The lowest BCUT2D eigenvalue weighted by Crippen LogP contribution is -2.39. The average Bonchev–Trinajstić information content (AvgIpc) is 3.62. The number of allylic oxidation sites excluding steroid dienone is 1. The molecule has 0 bridgehead atoms. The Morgan fingerprint density at radius 1 is 0.936 bits per heavy atom. The number of ether oxygens (including phenoxy) is 3. The molecule has 3 aromatic carbocycles. The summed E-state index contributed by atoms with van der Waals surface area (Å²) in [5.74, 6) is 0.0967. The summed E-state index contributed by atoms with van der Waals surface area (Å²) in [6.07, 6.45) is 3.70. The smallest absolute Gasteiger partial charge is 0.338 e. The third-order valence-electron chi connectivity index (χ3n) is 7.46. The first-order valence-electron chi connectivity index (χ1n) is 15.1. The Morgan fingerprint density at radius 2 is 1.64 bits per heavy atom. The molecule has 47 heavy (non-hydrogen) atoms. The predicted octanol–water partition coefficient (Wildman–Crippen LogP) is 4.98. The fourth-order valence-corrected chi connectivity index (χ4v) is 6.48. The zero-order valence-electron chi connectivity index (χ0n) is 26.3. The second kappa shape index (κ2) is 13.4. The topological polar surface area (TPSA) is 114 Å². The van der Waals surface area contributed by atoms with Gasteiger partial charge in [-0.1, -0.05) is 41.7 Å². The number of fused-ring (bicyclic) bond motifs is 1. The number of hydrogen-bond donors (Lipinski definition) is 0. The molecule has 10 nitrogen and oxygen atoms in total. The van der Waals surface area contributed by atoms with Crippen LogP contribution < -0.4 is 24.4 Å². The van der Waals surface area contributed by atoms with Crippen LogP contribution in [-0.2, 0) is 14.3 Å². The molecule has 5 aromatic rings. The molecule has 0 unspecified atom stereocenters. The molecule has 238 valence electrons. The molecule has 1 aliphatic rings. The van der Waals surface area contributed by atoms with Gasteiger partial charge >= 0.3 is 11.9 Å². The average molecular weight is 649 g/mol. The standard InChI is InChI=1S/C36H32N4O6S/c1-5-44-28-16-12-24(13-17-28)32-26(21-39(38-32)27-10-8-7-9-11-27)20-30-34(42)40-33(25-14-18-29(19-15-25)46-23(4)41)31(35(43)45-6-2)22(3)37-36(40)47-30/h7-21,33H,5-6H2,1-4H3/b30-20+/t33-/m1/s1. The van der Waals surface area contributed by atoms with Gasteiger partial charge in [-0.25, -0.2) is 14.5 Å². The highest BCUT2D eigenvalue weighted by atomic mass is 32.1. The molecule has 0 aliphatic carbocycles. The summed E-state index contributed by atoms with van der Waals surface area (Å²) in [5, 5.41) is 4.90. The largest absolute Gasteiger partial charge is 0.494 e. The SMILES string of the molecule is CCOC(=O)C1=C(C)N=c2s/c(=C/c3cn(-c4ccccc4)nc3-c3ccc(OCC)cc3)c(=O)n2[C@@H]1c1ccc(OC(C)=O)cc1. The lowest BCUT2D eigenvalue weighted by Gasteiger charge is -2.24.